The van der Waals surface area contributed by atoms with Crippen LogP contribution in [0.5, 0.6) is 0 Å². The highest BCUT2D eigenvalue weighted by Gasteiger charge is 2.18. The lowest BCUT2D eigenvalue weighted by atomic mass is 9.99. The maximum absolute atomic E-state index is 4.63. The summed E-state index contributed by atoms with van der Waals surface area (Å²) in [5, 5.41) is 11.6. The van der Waals surface area contributed by atoms with E-state index in [9.17, 15) is 0 Å². The summed E-state index contributed by atoms with van der Waals surface area (Å²) in [7, 11) is 0. The molecule has 1 aromatic heterocycles. The molecule has 5 nitrogen and oxygen atoms in total. The number of rotatable bonds is 4. The van der Waals surface area contributed by atoms with Crippen molar-refractivity contribution in [3.05, 3.63) is 42.1 Å². The van der Waals surface area contributed by atoms with Crippen LogP contribution in [0.4, 0.5) is 11.8 Å². The van der Waals surface area contributed by atoms with E-state index in [1.807, 2.05) is 18.2 Å². The summed E-state index contributed by atoms with van der Waals surface area (Å²) in [4.78, 5) is 6.93. The van der Waals surface area contributed by atoms with Crippen LogP contribution in [0.3, 0.4) is 0 Å². The molecule has 1 aromatic carbocycles. The van der Waals surface area contributed by atoms with Gasteiger partial charge in [-0.2, -0.15) is 10.1 Å². The molecule has 1 saturated heterocycles. The van der Waals surface area contributed by atoms with Gasteiger partial charge in [-0.15, -0.1) is 5.10 Å². The van der Waals surface area contributed by atoms with Crippen molar-refractivity contribution >= 4 is 11.8 Å². The predicted molar refractivity (Wildman–Crippen MR) is 88.9 cm³/mol. The first-order valence-electron chi connectivity index (χ1n) is 7.98. The molecule has 0 radical (unpaired) electrons. The van der Waals surface area contributed by atoms with Gasteiger partial charge < -0.3 is 10.2 Å². The Balaban J connectivity index is 1.69. The average molecular weight is 297 g/mol. The van der Waals surface area contributed by atoms with E-state index in [1.54, 1.807) is 6.20 Å². The van der Waals surface area contributed by atoms with Crippen LogP contribution in [0.2, 0.25) is 0 Å². The van der Waals surface area contributed by atoms with Crippen LogP contribution in [-0.2, 0) is 0 Å². The summed E-state index contributed by atoms with van der Waals surface area (Å²) in [6.07, 6.45) is 4.19. The maximum atomic E-state index is 4.63. The van der Waals surface area contributed by atoms with E-state index < -0.39 is 0 Å². The quantitative estimate of drug-likeness (QED) is 0.938. The van der Waals surface area contributed by atoms with Gasteiger partial charge in [-0.1, -0.05) is 37.3 Å². The second kappa shape index (κ2) is 6.73. The molecule has 0 saturated carbocycles. The molecule has 116 valence electrons. The van der Waals surface area contributed by atoms with Gasteiger partial charge in [0.05, 0.1) is 12.2 Å². The van der Waals surface area contributed by atoms with Crippen molar-refractivity contribution in [2.75, 3.05) is 23.3 Å². The van der Waals surface area contributed by atoms with Crippen LogP contribution >= 0.6 is 0 Å². The smallest absolute Gasteiger partial charge is 0.245 e. The number of hydrogen-bond acceptors (Lipinski definition) is 5. The van der Waals surface area contributed by atoms with E-state index in [-0.39, 0.29) is 6.04 Å². The van der Waals surface area contributed by atoms with Crippen LogP contribution < -0.4 is 10.2 Å². The van der Waals surface area contributed by atoms with E-state index in [0.717, 1.165) is 24.8 Å². The van der Waals surface area contributed by atoms with E-state index in [1.165, 1.54) is 18.4 Å². The molecule has 2 aromatic rings. The Morgan fingerprint density at radius 1 is 1.18 bits per heavy atom. The van der Waals surface area contributed by atoms with Crippen molar-refractivity contribution in [3.63, 3.8) is 0 Å². The van der Waals surface area contributed by atoms with Crippen molar-refractivity contribution in [1.82, 2.24) is 15.2 Å². The first kappa shape index (κ1) is 14.8. The van der Waals surface area contributed by atoms with E-state index in [4.69, 9.17) is 0 Å². The van der Waals surface area contributed by atoms with Gasteiger partial charge in [-0.3, -0.25) is 0 Å². The minimum atomic E-state index is 0.152. The van der Waals surface area contributed by atoms with Gasteiger partial charge in [-0.25, -0.2) is 0 Å². The molecule has 1 atom stereocenters. The SMILES string of the molecule is CC1CCN(c2cnnc(NC(C)c3ccccc3)n2)CC1. The Bertz CT molecular complexity index is 593. The fraction of sp³-hybridized carbons (Fsp3) is 0.471. The second-order valence-corrected chi connectivity index (χ2v) is 6.08. The van der Waals surface area contributed by atoms with Gasteiger partial charge >= 0.3 is 0 Å². The lowest BCUT2D eigenvalue weighted by Crippen LogP contribution is -2.33. The minimum absolute atomic E-state index is 0.152. The van der Waals surface area contributed by atoms with Gasteiger partial charge in [-0.05, 0) is 31.2 Å². The molecule has 0 spiro atoms. The molecule has 1 aliphatic heterocycles. The standard InChI is InChI=1S/C17H23N5/c1-13-8-10-22(11-9-13)16-12-18-21-17(20-16)19-14(2)15-6-4-3-5-7-15/h3-7,12-14H,8-11H2,1-2H3,(H,19,20,21). The summed E-state index contributed by atoms with van der Waals surface area (Å²) in [6, 6.07) is 10.4. The van der Waals surface area contributed by atoms with Crippen LogP contribution in [0.25, 0.3) is 0 Å². The zero-order valence-corrected chi connectivity index (χ0v) is 13.2. The highest BCUT2D eigenvalue weighted by Crippen LogP contribution is 2.22. The van der Waals surface area contributed by atoms with E-state index in [2.05, 4.69) is 51.4 Å². The number of aromatic nitrogens is 3. The number of benzene rings is 1. The van der Waals surface area contributed by atoms with E-state index >= 15 is 0 Å². The van der Waals surface area contributed by atoms with Gasteiger partial charge in [0.25, 0.3) is 0 Å². The van der Waals surface area contributed by atoms with Gasteiger partial charge in [0.15, 0.2) is 5.82 Å². The molecule has 5 heteroatoms. The fourth-order valence-electron chi connectivity index (χ4n) is 2.76. The monoisotopic (exact) mass is 297 g/mol. The number of hydrogen-bond donors (Lipinski definition) is 1. The van der Waals surface area contributed by atoms with Crippen molar-refractivity contribution in [2.24, 2.45) is 5.92 Å². The van der Waals surface area contributed by atoms with Crippen molar-refractivity contribution in [1.29, 1.82) is 0 Å². The van der Waals surface area contributed by atoms with Crippen LogP contribution in [-0.4, -0.2) is 28.3 Å². The van der Waals surface area contributed by atoms with Gasteiger partial charge in [0.2, 0.25) is 5.95 Å². The third kappa shape index (κ3) is 3.53. The number of nitrogens with one attached hydrogen (secondary N) is 1. The average Bonchev–Trinajstić information content (AvgIpc) is 2.56. The molecular weight excluding hydrogens is 274 g/mol. The zero-order chi connectivity index (χ0) is 15.4. The molecule has 3 rings (SSSR count). The topological polar surface area (TPSA) is 53.9 Å². The zero-order valence-electron chi connectivity index (χ0n) is 13.2. The molecule has 0 amide bonds. The third-order valence-corrected chi connectivity index (χ3v) is 4.30. The number of anilines is 2. The molecule has 2 heterocycles. The fourth-order valence-corrected chi connectivity index (χ4v) is 2.76. The third-order valence-electron chi connectivity index (χ3n) is 4.30. The second-order valence-electron chi connectivity index (χ2n) is 6.08. The predicted octanol–water partition coefficient (Wildman–Crippen LogP) is 3.28. The van der Waals surface area contributed by atoms with Gasteiger partial charge in [0, 0.05) is 13.1 Å². The Morgan fingerprint density at radius 3 is 2.64 bits per heavy atom. The minimum Gasteiger partial charge on any atom is -0.355 e. The highest BCUT2D eigenvalue weighted by atomic mass is 15.3. The molecular formula is C17H23N5. The van der Waals surface area contributed by atoms with E-state index in [0.29, 0.717) is 5.95 Å². The summed E-state index contributed by atoms with van der Waals surface area (Å²) < 4.78 is 0. The molecule has 0 aliphatic carbocycles. The van der Waals surface area contributed by atoms with Gasteiger partial charge in [0.1, 0.15) is 0 Å². The van der Waals surface area contributed by atoms with Crippen molar-refractivity contribution < 1.29 is 0 Å². The number of piperidine rings is 1. The molecule has 1 N–H and O–H groups in total. The first-order chi connectivity index (χ1) is 10.7. The summed E-state index contributed by atoms with van der Waals surface area (Å²) in [6.45, 7) is 6.51. The van der Waals surface area contributed by atoms with Crippen LogP contribution in [0, 0.1) is 5.92 Å². The van der Waals surface area contributed by atoms with Crippen molar-refractivity contribution in [3.8, 4) is 0 Å². The molecule has 0 bridgehead atoms. The van der Waals surface area contributed by atoms with Crippen LogP contribution in [0.15, 0.2) is 36.5 Å². The molecule has 1 aliphatic rings. The molecule has 1 unspecified atom stereocenters. The Hall–Kier alpha value is -2.17. The Morgan fingerprint density at radius 2 is 1.91 bits per heavy atom. The lowest BCUT2D eigenvalue weighted by molar-refractivity contribution is 0.436. The maximum Gasteiger partial charge on any atom is 0.245 e. The summed E-state index contributed by atoms with van der Waals surface area (Å²) >= 11 is 0. The first-order valence-corrected chi connectivity index (χ1v) is 7.98. The van der Waals surface area contributed by atoms with Crippen molar-refractivity contribution in [2.45, 2.75) is 32.7 Å². The molecule has 22 heavy (non-hydrogen) atoms. The summed E-state index contributed by atoms with van der Waals surface area (Å²) in [5.74, 6) is 2.32. The number of nitrogens with zero attached hydrogens (tertiary/aromatic N) is 4. The summed E-state index contributed by atoms with van der Waals surface area (Å²) in [5.41, 5.74) is 1.21. The Labute approximate surface area is 131 Å². The van der Waals surface area contributed by atoms with Crippen LogP contribution in [0.1, 0.15) is 38.3 Å². The Kier molecular flexibility index (Phi) is 4.51. The molecule has 1 fully saturated rings. The highest BCUT2D eigenvalue weighted by molar-refractivity contribution is 5.41. The largest absolute Gasteiger partial charge is 0.355 e. The normalized spacial score (nSPS) is 17.3. The lowest BCUT2D eigenvalue weighted by Gasteiger charge is -2.30.